The van der Waals surface area contributed by atoms with Crippen LogP contribution in [0.2, 0.25) is 0 Å². The lowest BCUT2D eigenvalue weighted by molar-refractivity contribution is 0.196. The molecule has 2 aromatic rings. The molecule has 0 unspecified atom stereocenters. The van der Waals surface area contributed by atoms with Crippen LogP contribution in [-0.2, 0) is 6.54 Å². The van der Waals surface area contributed by atoms with Crippen molar-refractivity contribution in [3.05, 3.63) is 42.0 Å². The van der Waals surface area contributed by atoms with Gasteiger partial charge in [0.1, 0.15) is 17.3 Å². The molecule has 5 nitrogen and oxygen atoms in total. The molecule has 3 heterocycles. The first kappa shape index (κ1) is 13.1. The van der Waals surface area contributed by atoms with E-state index in [0.717, 1.165) is 49.8 Å². The summed E-state index contributed by atoms with van der Waals surface area (Å²) < 4.78 is 5.63. The molecule has 106 valence electrons. The van der Waals surface area contributed by atoms with Gasteiger partial charge in [-0.2, -0.15) is 5.10 Å². The van der Waals surface area contributed by atoms with E-state index in [1.54, 1.807) is 6.20 Å². The van der Waals surface area contributed by atoms with Gasteiger partial charge >= 0.3 is 0 Å². The largest absolute Gasteiger partial charge is 0.465 e. The molecule has 5 heteroatoms. The number of aryl methyl sites for hydroxylation is 1. The van der Waals surface area contributed by atoms with Gasteiger partial charge in [-0.15, -0.1) is 5.10 Å². The molecule has 0 aromatic carbocycles. The van der Waals surface area contributed by atoms with E-state index < -0.39 is 0 Å². The summed E-state index contributed by atoms with van der Waals surface area (Å²) in [6.45, 7) is 5.06. The van der Waals surface area contributed by atoms with Crippen molar-refractivity contribution in [3.8, 4) is 0 Å². The number of hydrogen-bond acceptors (Lipinski definition) is 5. The highest BCUT2D eigenvalue weighted by molar-refractivity contribution is 5.33. The molecule has 1 aliphatic rings. The van der Waals surface area contributed by atoms with Gasteiger partial charge in [-0.05, 0) is 44.0 Å². The second-order valence-corrected chi connectivity index (χ2v) is 5.32. The molecule has 0 amide bonds. The van der Waals surface area contributed by atoms with Crippen molar-refractivity contribution in [2.24, 2.45) is 0 Å². The van der Waals surface area contributed by atoms with Crippen molar-refractivity contribution >= 4 is 5.82 Å². The van der Waals surface area contributed by atoms with Crippen LogP contribution in [-0.4, -0.2) is 34.2 Å². The maximum atomic E-state index is 5.63. The van der Waals surface area contributed by atoms with Crippen LogP contribution in [0, 0.1) is 6.92 Å². The molecule has 1 saturated heterocycles. The summed E-state index contributed by atoms with van der Waals surface area (Å²) >= 11 is 0. The highest BCUT2D eigenvalue weighted by Crippen LogP contribution is 2.17. The molecule has 0 radical (unpaired) electrons. The van der Waals surface area contributed by atoms with Crippen molar-refractivity contribution in [2.75, 3.05) is 18.4 Å². The lowest BCUT2D eigenvalue weighted by Crippen LogP contribution is -2.38. The molecular weight excluding hydrogens is 252 g/mol. The van der Waals surface area contributed by atoms with E-state index in [9.17, 15) is 0 Å². The van der Waals surface area contributed by atoms with Crippen molar-refractivity contribution in [1.82, 2.24) is 15.1 Å². The third-order valence-electron chi connectivity index (χ3n) is 3.69. The third-order valence-corrected chi connectivity index (χ3v) is 3.69. The Bertz CT molecular complexity index is 532. The lowest BCUT2D eigenvalue weighted by atomic mass is 10.0. The number of furan rings is 1. The molecule has 20 heavy (non-hydrogen) atoms. The minimum absolute atomic E-state index is 0.487. The molecule has 0 saturated carbocycles. The van der Waals surface area contributed by atoms with Gasteiger partial charge in [0.2, 0.25) is 0 Å². The van der Waals surface area contributed by atoms with E-state index in [1.165, 1.54) is 0 Å². The van der Waals surface area contributed by atoms with Crippen molar-refractivity contribution in [1.29, 1.82) is 0 Å². The van der Waals surface area contributed by atoms with Gasteiger partial charge in [0.15, 0.2) is 0 Å². The van der Waals surface area contributed by atoms with Gasteiger partial charge in [0.05, 0.1) is 6.54 Å². The van der Waals surface area contributed by atoms with E-state index in [1.807, 2.05) is 25.1 Å². The molecular formula is C15H20N4O. The van der Waals surface area contributed by atoms with E-state index in [0.29, 0.717) is 6.04 Å². The summed E-state index contributed by atoms with van der Waals surface area (Å²) in [7, 11) is 0. The van der Waals surface area contributed by atoms with Crippen LogP contribution in [0.1, 0.15) is 24.4 Å². The van der Waals surface area contributed by atoms with Crippen LogP contribution in [0.15, 0.2) is 34.9 Å². The van der Waals surface area contributed by atoms with Crippen molar-refractivity contribution in [2.45, 2.75) is 32.4 Å². The molecule has 3 rings (SSSR count). The first-order valence-corrected chi connectivity index (χ1v) is 7.11. The molecule has 1 fully saturated rings. The third kappa shape index (κ3) is 3.36. The summed E-state index contributed by atoms with van der Waals surface area (Å²) in [5.74, 6) is 2.91. The lowest BCUT2D eigenvalue weighted by Gasteiger charge is -2.31. The van der Waals surface area contributed by atoms with Gasteiger partial charge in [0.25, 0.3) is 0 Å². The number of rotatable bonds is 4. The maximum absolute atomic E-state index is 5.63. The Labute approximate surface area is 119 Å². The minimum Gasteiger partial charge on any atom is -0.465 e. The summed E-state index contributed by atoms with van der Waals surface area (Å²) in [6.07, 6.45) is 3.94. The SMILES string of the molecule is Cc1ccc(CN2CCC(Nc3cccnn3)CC2)o1. The molecule has 2 aromatic heterocycles. The number of hydrogen-bond donors (Lipinski definition) is 1. The zero-order valence-corrected chi connectivity index (χ0v) is 11.7. The predicted octanol–water partition coefficient (Wildman–Crippen LogP) is 2.45. The quantitative estimate of drug-likeness (QED) is 0.926. The fourth-order valence-corrected chi connectivity index (χ4v) is 2.61. The fourth-order valence-electron chi connectivity index (χ4n) is 2.61. The van der Waals surface area contributed by atoms with E-state index in [2.05, 4.69) is 26.5 Å². The Balaban J connectivity index is 1.47. The zero-order valence-electron chi connectivity index (χ0n) is 11.7. The fraction of sp³-hybridized carbons (Fsp3) is 0.467. The van der Waals surface area contributed by atoms with Gasteiger partial charge in [-0.1, -0.05) is 0 Å². The second-order valence-electron chi connectivity index (χ2n) is 5.32. The number of anilines is 1. The van der Waals surface area contributed by atoms with E-state index >= 15 is 0 Å². The van der Waals surface area contributed by atoms with E-state index in [-0.39, 0.29) is 0 Å². The number of likely N-dealkylation sites (tertiary alicyclic amines) is 1. The van der Waals surface area contributed by atoms with Crippen LogP contribution in [0.5, 0.6) is 0 Å². The van der Waals surface area contributed by atoms with Gasteiger partial charge in [0, 0.05) is 25.3 Å². The van der Waals surface area contributed by atoms with Gasteiger partial charge < -0.3 is 9.73 Å². The average molecular weight is 272 g/mol. The molecule has 0 aliphatic carbocycles. The first-order valence-electron chi connectivity index (χ1n) is 7.11. The summed E-state index contributed by atoms with van der Waals surface area (Å²) in [4.78, 5) is 2.44. The normalized spacial score (nSPS) is 17.2. The van der Waals surface area contributed by atoms with Crippen LogP contribution in [0.4, 0.5) is 5.82 Å². The summed E-state index contributed by atoms with van der Waals surface area (Å²) in [5.41, 5.74) is 0. The Morgan fingerprint density at radius 1 is 1.30 bits per heavy atom. The Morgan fingerprint density at radius 2 is 2.15 bits per heavy atom. The maximum Gasteiger partial charge on any atom is 0.148 e. The number of nitrogens with one attached hydrogen (secondary N) is 1. The second kappa shape index (κ2) is 6.05. The topological polar surface area (TPSA) is 54.2 Å². The smallest absolute Gasteiger partial charge is 0.148 e. The minimum atomic E-state index is 0.487. The molecule has 1 N–H and O–H groups in total. The molecule has 1 aliphatic heterocycles. The monoisotopic (exact) mass is 272 g/mol. The predicted molar refractivity (Wildman–Crippen MR) is 77.4 cm³/mol. The highest BCUT2D eigenvalue weighted by Gasteiger charge is 2.20. The number of nitrogens with zero attached hydrogens (tertiary/aromatic N) is 3. The standard InChI is InChI=1S/C15H20N4O/c1-12-4-5-14(20-12)11-19-9-6-13(7-10-19)17-15-3-2-8-16-18-15/h2-5,8,13H,6-7,9-11H2,1H3,(H,17,18). The average Bonchev–Trinajstić information content (AvgIpc) is 2.88. The Hall–Kier alpha value is -1.88. The Kier molecular flexibility index (Phi) is 3.97. The first-order chi connectivity index (χ1) is 9.79. The van der Waals surface area contributed by atoms with Crippen molar-refractivity contribution in [3.63, 3.8) is 0 Å². The van der Waals surface area contributed by atoms with Gasteiger partial charge in [-0.25, -0.2) is 0 Å². The van der Waals surface area contributed by atoms with Crippen LogP contribution in [0.25, 0.3) is 0 Å². The molecule has 0 atom stereocenters. The molecule has 0 bridgehead atoms. The van der Waals surface area contributed by atoms with Crippen LogP contribution < -0.4 is 5.32 Å². The zero-order chi connectivity index (χ0) is 13.8. The summed E-state index contributed by atoms with van der Waals surface area (Å²) in [6, 6.07) is 8.45. The summed E-state index contributed by atoms with van der Waals surface area (Å²) in [5, 5.41) is 11.4. The Morgan fingerprint density at radius 3 is 2.80 bits per heavy atom. The van der Waals surface area contributed by atoms with Crippen LogP contribution in [0.3, 0.4) is 0 Å². The molecule has 0 spiro atoms. The van der Waals surface area contributed by atoms with E-state index in [4.69, 9.17) is 4.42 Å². The number of aromatic nitrogens is 2. The number of piperidine rings is 1. The highest BCUT2D eigenvalue weighted by atomic mass is 16.3. The van der Waals surface area contributed by atoms with Gasteiger partial charge in [-0.3, -0.25) is 4.90 Å². The van der Waals surface area contributed by atoms with Crippen LogP contribution >= 0.6 is 0 Å². The van der Waals surface area contributed by atoms with Crippen molar-refractivity contribution < 1.29 is 4.42 Å².